The predicted octanol–water partition coefficient (Wildman–Crippen LogP) is 9.79. The molecule has 0 aliphatic carbocycles. The third-order valence-corrected chi connectivity index (χ3v) is 21.2. The van der Waals surface area contributed by atoms with Gasteiger partial charge >= 0.3 is 6.09 Å². The summed E-state index contributed by atoms with van der Waals surface area (Å²) in [6, 6.07) is 31.4. The van der Waals surface area contributed by atoms with Crippen LogP contribution in [0.25, 0.3) is 43.1 Å². The molecule has 0 radical (unpaired) electrons. The van der Waals surface area contributed by atoms with E-state index in [-0.39, 0.29) is 94.8 Å². The molecule has 8 aromatic carbocycles. The summed E-state index contributed by atoms with van der Waals surface area (Å²) in [5.41, 5.74) is 3.14. The van der Waals surface area contributed by atoms with Gasteiger partial charge in [0.15, 0.2) is 0 Å². The van der Waals surface area contributed by atoms with E-state index in [1.807, 2.05) is 6.92 Å². The predicted molar refractivity (Wildman–Crippen MR) is 452 cm³/mol. The normalized spacial score (nSPS) is 14.0. The maximum atomic E-state index is 12.7. The van der Waals surface area contributed by atoms with Gasteiger partial charge in [0.1, 0.15) is 0 Å². The summed E-state index contributed by atoms with van der Waals surface area (Å²) >= 11 is 1.18. The monoisotopic (exact) mass is 1770 g/mol. The number of ether oxygens (including phenoxy) is 1. The molecule has 0 saturated carbocycles. The number of benzene rings is 8. The van der Waals surface area contributed by atoms with Crippen LogP contribution in [0.3, 0.4) is 0 Å². The number of amides is 11. The number of carbonyl (C=O) groups excluding carboxylic acids is 12. The zero-order valence-electron chi connectivity index (χ0n) is 67.5. The van der Waals surface area contributed by atoms with E-state index in [1.54, 1.807) is 77.7 Å². The fourth-order valence-corrected chi connectivity index (χ4v) is 15.5. The number of alkyl carbamates (subject to hydrolysis) is 1. The second-order valence-electron chi connectivity index (χ2n) is 28.0. The first kappa shape index (κ1) is 92.8. The second-order valence-corrected chi connectivity index (χ2v) is 35.3. The van der Waals surface area contributed by atoms with E-state index in [2.05, 4.69) is 89.0 Å². The Morgan fingerprint density at radius 1 is 0.382 bits per heavy atom. The molecule has 123 heavy (non-hydrogen) atoms. The van der Waals surface area contributed by atoms with E-state index < -0.39 is 93.8 Å². The number of hydrogen-bond donors (Lipinski definition) is 2. The Hall–Kier alpha value is -12.5. The molecule has 1 fully saturated rings. The van der Waals surface area contributed by atoms with E-state index in [4.69, 9.17) is 4.74 Å². The van der Waals surface area contributed by atoms with Gasteiger partial charge in [-0.15, -0.1) is 37.4 Å². The summed E-state index contributed by atoms with van der Waals surface area (Å²) < 4.78 is 115. The van der Waals surface area contributed by atoms with Gasteiger partial charge in [0.2, 0.25) is 5.91 Å². The molecule has 5 aliphatic heterocycles. The minimum Gasteiger partial charge on any atom is -0.450 e. The fourth-order valence-electron chi connectivity index (χ4n) is 13.2. The van der Waals surface area contributed by atoms with Gasteiger partial charge in [-0.3, -0.25) is 52.7 Å². The van der Waals surface area contributed by atoms with Crippen molar-refractivity contribution in [3.8, 4) is 47.4 Å². The highest BCUT2D eigenvalue weighted by atomic mass is 32.2. The van der Waals surface area contributed by atoms with E-state index in [9.17, 15) is 91.2 Å². The molecule has 0 unspecified atom stereocenters. The van der Waals surface area contributed by atoms with Crippen LogP contribution in [0.15, 0.2) is 121 Å². The average Bonchev–Trinajstić information content (AvgIpc) is 0.752. The van der Waals surface area contributed by atoms with E-state index in [1.165, 1.54) is 60.3 Å². The lowest BCUT2D eigenvalue weighted by Gasteiger charge is -2.25. The van der Waals surface area contributed by atoms with Crippen molar-refractivity contribution in [2.75, 3.05) is 63.6 Å². The zero-order chi connectivity index (χ0) is 89.3. The van der Waals surface area contributed by atoms with Crippen LogP contribution in [0.1, 0.15) is 209 Å². The van der Waals surface area contributed by atoms with Crippen molar-refractivity contribution in [1.29, 1.82) is 0 Å². The molecule has 1 saturated heterocycles. The number of unbranched alkanes of at least 4 members (excludes halogenated alkanes) is 6. The Morgan fingerprint density at radius 2 is 0.707 bits per heavy atom. The van der Waals surface area contributed by atoms with E-state index in [0.717, 1.165) is 108 Å². The number of nitrogens with one attached hydrogen (secondary N) is 2. The molecule has 2 N–H and O–H groups in total. The summed E-state index contributed by atoms with van der Waals surface area (Å²) in [7, 11) is -16.3. The average molecular weight is 1770 g/mol. The van der Waals surface area contributed by atoms with Crippen LogP contribution in [0, 0.1) is 47.4 Å². The lowest BCUT2D eigenvalue weighted by molar-refractivity contribution is -0.126. The van der Waals surface area contributed by atoms with E-state index >= 15 is 0 Å². The summed E-state index contributed by atoms with van der Waals surface area (Å²) in [6.07, 6.45) is 14.9. The first-order valence-electron chi connectivity index (χ1n) is 38.5. The van der Waals surface area contributed by atoms with Gasteiger partial charge in [-0.1, -0.05) is 155 Å². The Kier molecular flexibility index (Phi) is 30.8. The molecule has 32 nitrogen and oxygen atoms in total. The lowest BCUT2D eigenvalue weighted by Crippen LogP contribution is -2.41. The SMILES string of the molecule is CCCCCC(=O)NCC#Cc1ccc2c3c(cccc13)C(=O)N(OS(C)(=O)=O)C2=O.CCCCCCSC(=O)C#Cc1ccc2c3c(cccc13)C(=O)N(OS(C)(=O)=O)C2=O.CCCCOC(=O)NCC#Cc1ccc2c3c(cccc13)C(=O)N(OS(C)(=O)=O)C2=O.CS(=O)(=O)ON1C(=O)c2cccc3c(C#CC(=O)N4CCCCC4)ccc(c23)C1=O. The van der Waals surface area contributed by atoms with Crippen molar-refractivity contribution in [2.24, 2.45) is 0 Å². The van der Waals surface area contributed by atoms with Gasteiger partial charge in [0.05, 0.1) is 89.2 Å². The number of hydroxylamine groups is 8. The zero-order valence-corrected chi connectivity index (χ0v) is 71.5. The molecule has 37 heteroatoms. The van der Waals surface area contributed by atoms with Crippen LogP contribution < -0.4 is 10.6 Å². The number of piperidine rings is 1. The van der Waals surface area contributed by atoms with Crippen LogP contribution in [-0.2, 0) is 76.7 Å². The minimum absolute atomic E-state index is 0.0539. The third-order valence-electron chi connectivity index (χ3n) is 18.7. The highest BCUT2D eigenvalue weighted by molar-refractivity contribution is 8.14. The molecule has 8 aromatic rings. The highest BCUT2D eigenvalue weighted by Crippen LogP contribution is 2.38. The molecule has 5 aliphatic rings. The van der Waals surface area contributed by atoms with Crippen LogP contribution in [0.5, 0.6) is 0 Å². The molecule has 0 aromatic heterocycles. The number of nitrogens with zero attached hydrogens (tertiary/aromatic N) is 5. The lowest BCUT2D eigenvalue weighted by atomic mass is 9.92. The van der Waals surface area contributed by atoms with Crippen LogP contribution >= 0.6 is 11.8 Å². The Balaban J connectivity index is 0.000000172. The van der Waals surface area contributed by atoms with Gasteiger partial charge in [0, 0.05) is 75.0 Å². The number of thioether (sulfide) groups is 1. The molecular formula is C86H81N7O25S5. The van der Waals surface area contributed by atoms with E-state index in [0.29, 0.717) is 91.5 Å². The summed E-state index contributed by atoms with van der Waals surface area (Å²) in [5.74, 6) is 15.9. The fraction of sp³-hybridized carbons (Fsp3) is 0.302. The molecular weight excluding hydrogens is 1690 g/mol. The molecule has 0 atom stereocenters. The van der Waals surface area contributed by atoms with Crippen molar-refractivity contribution in [1.82, 2.24) is 35.8 Å². The van der Waals surface area contributed by atoms with Crippen molar-refractivity contribution < 1.29 is 113 Å². The molecule has 5 heterocycles. The summed E-state index contributed by atoms with van der Waals surface area (Å²) in [6.45, 7) is 8.15. The van der Waals surface area contributed by atoms with Crippen LogP contribution in [-0.4, -0.2) is 193 Å². The molecule has 11 amide bonds. The molecule has 640 valence electrons. The quantitative estimate of drug-likeness (QED) is 0.0362. The largest absolute Gasteiger partial charge is 0.450 e. The van der Waals surface area contributed by atoms with Gasteiger partial charge < -0.3 is 20.3 Å². The van der Waals surface area contributed by atoms with Crippen molar-refractivity contribution >= 4 is 166 Å². The maximum absolute atomic E-state index is 12.7. The van der Waals surface area contributed by atoms with Crippen LogP contribution in [0.4, 0.5) is 4.79 Å². The number of likely N-dealkylation sites (tertiary alicyclic amines) is 1. The third kappa shape index (κ3) is 23.4. The van der Waals surface area contributed by atoms with Gasteiger partial charge in [-0.25, -0.2) is 4.79 Å². The second kappa shape index (κ2) is 40.9. The van der Waals surface area contributed by atoms with Crippen molar-refractivity contribution in [3.63, 3.8) is 0 Å². The van der Waals surface area contributed by atoms with Crippen molar-refractivity contribution in [3.05, 3.63) is 188 Å². The topological polar surface area (TPSA) is 428 Å². The number of rotatable bonds is 22. The Bertz CT molecular complexity index is 6200. The summed E-state index contributed by atoms with van der Waals surface area (Å²) in [4.78, 5) is 151. The Labute approximate surface area is 713 Å². The minimum atomic E-state index is -4.08. The van der Waals surface area contributed by atoms with Gasteiger partial charge in [-0.2, -0.15) is 33.7 Å². The number of hydrogen-bond acceptors (Lipinski definition) is 26. The number of carbonyl (C=O) groups is 12. The smallest absolute Gasteiger partial charge is 0.407 e. The molecule has 13 rings (SSSR count). The van der Waals surface area contributed by atoms with Crippen molar-refractivity contribution in [2.45, 2.75) is 104 Å². The molecule has 0 bridgehead atoms. The standard InChI is InChI=1S/C22H22N2O6S.C22H21NO6S2.C21H20N2O7S.C21H18N2O6S/c1-3-4-5-11-19(25)23-14-7-8-15-12-13-18-20-16(15)9-6-10-17(20)21(26)24(22(18)27)30-31(2,28)29;1-3-4-5-6-14-30-19(24)13-11-15-10-12-18-20-16(15)8-7-9-17(20)21(25)23(22(18)26)29-31(2,27)28;1-3-4-13-29-21(26)22-12-6-7-14-10-11-17-18-15(14)8-5-9-16(18)19(24)23(20(17)25)30-31(2,27)28;1-30(27,28)29-23-20(25)16-7-5-6-15-14(8-10-17(19(15)16)21(23)26)9-11-18(24)22-12-3-2-4-13-22/h6,9-10,12-13H,3-5,11,14H2,1-2H3,(H,23,25);7-10,12H,3-6,14H2,1-2H3;5,8-11H,3-4,12-13H2,1-2H3,(H,22,26);5-8,10H,2-4,12-13H2,1H3. The highest BCUT2D eigenvalue weighted by Gasteiger charge is 2.41. The first-order valence-corrected chi connectivity index (χ1v) is 46.7. The number of imide groups is 4. The first-order chi connectivity index (χ1) is 58.4. The Morgan fingerprint density at radius 3 is 1.06 bits per heavy atom. The van der Waals surface area contributed by atoms with Gasteiger partial charge in [0.25, 0.3) is 98.8 Å². The molecule has 0 spiro atoms. The van der Waals surface area contributed by atoms with Crippen LogP contribution in [0.2, 0.25) is 0 Å². The summed E-state index contributed by atoms with van der Waals surface area (Å²) in [5, 5.41) is 9.69. The maximum Gasteiger partial charge on any atom is 0.407 e. The van der Waals surface area contributed by atoms with Gasteiger partial charge in [-0.05, 0) is 139 Å².